The van der Waals surface area contributed by atoms with Crippen molar-refractivity contribution in [3.63, 3.8) is 0 Å². The summed E-state index contributed by atoms with van der Waals surface area (Å²) >= 11 is 0. The number of hydrogen-bond donors (Lipinski definition) is 0. The topological polar surface area (TPSA) is 43.6 Å². The Morgan fingerprint density at radius 1 is 0.541 bits per heavy atom. The highest BCUT2D eigenvalue weighted by atomic mass is 16.3. The fourth-order valence-corrected chi connectivity index (χ4v) is 10.2. The van der Waals surface area contributed by atoms with E-state index in [4.69, 9.17) is 13.8 Å². The van der Waals surface area contributed by atoms with Gasteiger partial charge in [0.2, 0.25) is 5.88 Å². The first-order valence-electron chi connectivity index (χ1n) is 20.9. The molecule has 4 nitrogen and oxygen atoms in total. The van der Waals surface area contributed by atoms with E-state index in [-0.39, 0.29) is 0 Å². The van der Waals surface area contributed by atoms with E-state index in [1.807, 2.05) is 36.4 Å². The second-order valence-electron chi connectivity index (χ2n) is 16.3. The first-order chi connectivity index (χ1) is 30.1. The Morgan fingerprint density at radius 2 is 1.23 bits per heavy atom. The fraction of sp³-hybridized carbons (Fsp3) is 0.0179. The van der Waals surface area contributed by atoms with Crippen molar-refractivity contribution in [1.82, 2.24) is 4.57 Å². The smallest absolute Gasteiger partial charge is 0.223 e. The van der Waals surface area contributed by atoms with Gasteiger partial charge in [-0.25, -0.2) is 4.99 Å². The van der Waals surface area contributed by atoms with Crippen molar-refractivity contribution >= 4 is 112 Å². The van der Waals surface area contributed by atoms with Crippen LogP contribution in [0, 0.1) is 6.92 Å². The number of rotatable bonds is 5. The Kier molecular flexibility index (Phi) is 7.14. The van der Waals surface area contributed by atoms with Crippen molar-refractivity contribution < 1.29 is 8.83 Å². The quantitative estimate of drug-likeness (QED) is 0.129. The van der Waals surface area contributed by atoms with Gasteiger partial charge in [0.25, 0.3) is 0 Å². The van der Waals surface area contributed by atoms with E-state index in [2.05, 4.69) is 158 Å². The average molecular weight is 779 g/mol. The number of para-hydroxylation sites is 2. The zero-order valence-corrected chi connectivity index (χ0v) is 33.4. The van der Waals surface area contributed by atoms with Gasteiger partial charge in [-0.15, -0.1) is 0 Å². The molecule has 0 amide bonds. The molecule has 0 atom stereocenters. The van der Waals surface area contributed by atoms with Crippen LogP contribution >= 0.6 is 0 Å². The molecular weight excluding hydrogens is 743 g/mol. The minimum absolute atomic E-state index is 0.583. The Bertz CT molecular complexity index is 3880. The van der Waals surface area contributed by atoms with Crippen LogP contribution in [-0.2, 0) is 0 Å². The number of aromatic nitrogens is 1. The molecule has 9 aromatic carbocycles. The first-order valence-corrected chi connectivity index (χ1v) is 20.9. The molecule has 61 heavy (non-hydrogen) atoms. The van der Waals surface area contributed by atoms with Crippen LogP contribution in [0.4, 0.5) is 5.88 Å². The Balaban J connectivity index is 0.988. The van der Waals surface area contributed by atoms with Gasteiger partial charge in [-0.05, 0) is 87.0 Å². The van der Waals surface area contributed by atoms with E-state index in [0.29, 0.717) is 5.88 Å². The zero-order chi connectivity index (χ0) is 40.3. The number of furan rings is 2. The maximum Gasteiger partial charge on any atom is 0.223 e. The lowest BCUT2D eigenvalue weighted by atomic mass is 9.67. The van der Waals surface area contributed by atoms with Crippen LogP contribution in [0.5, 0.6) is 0 Å². The van der Waals surface area contributed by atoms with Gasteiger partial charge in [0.05, 0.1) is 11.2 Å². The number of nitrogens with zero attached hydrogens (tertiary/aromatic N) is 2. The molecule has 284 valence electrons. The summed E-state index contributed by atoms with van der Waals surface area (Å²) in [6.45, 7) is 6.67. The normalized spacial score (nSPS) is 12.6. The highest BCUT2D eigenvalue weighted by Gasteiger charge is 2.30. The number of aryl methyl sites for hydroxylation is 1. The van der Waals surface area contributed by atoms with Gasteiger partial charge in [0.1, 0.15) is 16.7 Å². The molecule has 0 spiro atoms. The summed E-state index contributed by atoms with van der Waals surface area (Å²) in [5, 5.41) is 10.9. The van der Waals surface area contributed by atoms with Crippen molar-refractivity contribution in [3.05, 3.63) is 199 Å². The highest BCUT2D eigenvalue weighted by molar-refractivity contribution is 6.77. The van der Waals surface area contributed by atoms with Crippen LogP contribution in [0.3, 0.4) is 0 Å². The van der Waals surface area contributed by atoms with Crippen molar-refractivity contribution in [2.75, 3.05) is 0 Å². The molecule has 0 bridgehead atoms. The molecule has 1 aliphatic rings. The summed E-state index contributed by atoms with van der Waals surface area (Å²) in [5.74, 6) is 0.583. The summed E-state index contributed by atoms with van der Waals surface area (Å²) in [7, 11) is 0.872. The van der Waals surface area contributed by atoms with Gasteiger partial charge in [-0.3, -0.25) is 0 Å². The molecule has 5 heteroatoms. The molecule has 1 aliphatic heterocycles. The van der Waals surface area contributed by atoms with Gasteiger partial charge >= 0.3 is 0 Å². The minimum Gasteiger partial charge on any atom is -0.456 e. The van der Waals surface area contributed by atoms with E-state index in [1.54, 1.807) is 0 Å². The molecular formula is C56H35BN2O2. The van der Waals surface area contributed by atoms with Gasteiger partial charge in [0, 0.05) is 60.9 Å². The molecule has 0 aliphatic carbocycles. The second kappa shape index (κ2) is 12.8. The summed E-state index contributed by atoms with van der Waals surface area (Å²) in [6.07, 6.45) is 0. The standard InChI is InChI=1S/C56H35BN2O2/c1-32(54(35-15-4-3-5-16-35)58-56-33(2)38-17-11-13-23-47(38)61-56)36-24-27-40-41-28-26-37(31-49(41)60-48(40)30-36)59-46-22-12-10-21-44(46)50-42-19-8-9-20-43(42)52-51-39-18-7-6-14-34(39)25-29-45(51)57-53(52)55(50)59/h3-31,57H,1H2,2H3/b58-54+. The molecule has 0 radical (unpaired) electrons. The zero-order valence-electron chi connectivity index (χ0n) is 33.4. The van der Waals surface area contributed by atoms with Gasteiger partial charge < -0.3 is 13.4 Å². The Hall–Kier alpha value is -7.89. The number of aliphatic imine (C=N–C) groups is 1. The van der Waals surface area contributed by atoms with Crippen LogP contribution in [0.2, 0.25) is 0 Å². The van der Waals surface area contributed by atoms with Crippen LogP contribution in [0.25, 0.3) is 98.6 Å². The third-order valence-corrected chi connectivity index (χ3v) is 13.0. The number of allylic oxidation sites excluding steroid dienone is 1. The molecule has 3 aromatic heterocycles. The summed E-state index contributed by atoms with van der Waals surface area (Å²) in [5.41, 5.74) is 15.9. The van der Waals surface area contributed by atoms with Crippen LogP contribution in [-0.4, -0.2) is 17.6 Å². The summed E-state index contributed by atoms with van der Waals surface area (Å²) < 4.78 is 15.6. The summed E-state index contributed by atoms with van der Waals surface area (Å²) in [6, 6.07) is 62.6. The van der Waals surface area contributed by atoms with Crippen LogP contribution in [0.15, 0.2) is 196 Å². The fourth-order valence-electron chi connectivity index (χ4n) is 10.2. The second-order valence-corrected chi connectivity index (χ2v) is 16.3. The molecule has 13 rings (SSSR count). The average Bonchev–Trinajstić information content (AvgIpc) is 4.07. The number of benzene rings is 9. The van der Waals surface area contributed by atoms with E-state index >= 15 is 0 Å². The predicted octanol–water partition coefficient (Wildman–Crippen LogP) is 13.2. The van der Waals surface area contributed by atoms with Crippen molar-refractivity contribution in [2.45, 2.75) is 6.92 Å². The molecule has 12 aromatic rings. The predicted molar refractivity (Wildman–Crippen MR) is 258 cm³/mol. The minimum atomic E-state index is 0.583. The maximum atomic E-state index is 6.82. The van der Waals surface area contributed by atoms with Crippen molar-refractivity contribution in [3.8, 4) is 16.8 Å². The Labute approximate surface area is 351 Å². The lowest BCUT2D eigenvalue weighted by Crippen LogP contribution is -2.23. The number of fused-ring (bicyclic) bond motifs is 16. The molecule has 0 saturated carbocycles. The van der Waals surface area contributed by atoms with E-state index in [9.17, 15) is 0 Å². The monoisotopic (exact) mass is 778 g/mol. The Morgan fingerprint density at radius 3 is 2.07 bits per heavy atom. The molecule has 0 unspecified atom stereocenters. The van der Waals surface area contributed by atoms with Crippen molar-refractivity contribution in [2.24, 2.45) is 4.99 Å². The lowest BCUT2D eigenvalue weighted by Gasteiger charge is -2.15. The van der Waals surface area contributed by atoms with E-state index in [1.165, 1.54) is 65.4 Å². The first kappa shape index (κ1) is 34.0. The van der Waals surface area contributed by atoms with Crippen LogP contribution < -0.4 is 10.9 Å². The third-order valence-electron chi connectivity index (χ3n) is 13.0. The molecule has 0 fully saturated rings. The van der Waals surface area contributed by atoms with Crippen LogP contribution in [0.1, 0.15) is 16.7 Å². The maximum absolute atomic E-state index is 6.82. The lowest BCUT2D eigenvalue weighted by molar-refractivity contribution is 0.623. The van der Waals surface area contributed by atoms with Gasteiger partial charge in [0.15, 0.2) is 7.28 Å². The molecule has 0 saturated heterocycles. The van der Waals surface area contributed by atoms with E-state index in [0.717, 1.165) is 73.8 Å². The van der Waals surface area contributed by atoms with Crippen molar-refractivity contribution in [1.29, 1.82) is 0 Å². The SMILES string of the molecule is C=C(/C(=N\c1oc2ccccc2c1C)c1ccccc1)c1ccc2c(c1)oc1cc(-n3c4ccccc4c4c5ccccc5c5c(c43)Bc3ccc4ccccc4c3-5)ccc12. The van der Waals surface area contributed by atoms with E-state index < -0.39 is 0 Å². The highest BCUT2D eigenvalue weighted by Crippen LogP contribution is 2.44. The molecule has 4 heterocycles. The van der Waals surface area contributed by atoms with Gasteiger partial charge in [-0.2, -0.15) is 0 Å². The number of hydrogen-bond acceptors (Lipinski definition) is 3. The third kappa shape index (κ3) is 4.92. The van der Waals surface area contributed by atoms with Gasteiger partial charge in [-0.1, -0.05) is 146 Å². The summed E-state index contributed by atoms with van der Waals surface area (Å²) in [4.78, 5) is 5.14. The molecule has 0 N–H and O–H groups in total. The largest absolute Gasteiger partial charge is 0.456 e.